The SMILES string of the molecule is COc1ccc(/C=N/NC(=O)c2cc3ccccc3o2)cc1C. The summed E-state index contributed by atoms with van der Waals surface area (Å²) in [4.78, 5) is 12.0. The predicted octanol–water partition coefficient (Wildman–Crippen LogP) is 3.51. The third kappa shape index (κ3) is 3.23. The third-order valence-corrected chi connectivity index (χ3v) is 3.45. The van der Waals surface area contributed by atoms with E-state index in [0.29, 0.717) is 5.58 Å². The number of furan rings is 1. The van der Waals surface area contributed by atoms with E-state index < -0.39 is 0 Å². The van der Waals surface area contributed by atoms with Crippen LogP contribution in [0.2, 0.25) is 0 Å². The van der Waals surface area contributed by atoms with E-state index in [-0.39, 0.29) is 11.7 Å². The Morgan fingerprint density at radius 2 is 2.04 bits per heavy atom. The number of amides is 1. The van der Waals surface area contributed by atoms with E-state index in [9.17, 15) is 4.79 Å². The molecule has 0 unspecified atom stereocenters. The van der Waals surface area contributed by atoms with Crippen LogP contribution in [0.1, 0.15) is 21.7 Å². The Kier molecular flexibility index (Phi) is 4.10. The lowest BCUT2D eigenvalue weighted by atomic mass is 10.1. The van der Waals surface area contributed by atoms with Gasteiger partial charge in [0, 0.05) is 5.39 Å². The van der Waals surface area contributed by atoms with Crippen molar-refractivity contribution < 1.29 is 13.9 Å². The van der Waals surface area contributed by atoms with Gasteiger partial charge in [0.15, 0.2) is 5.76 Å². The monoisotopic (exact) mass is 308 g/mol. The van der Waals surface area contributed by atoms with Gasteiger partial charge < -0.3 is 9.15 Å². The van der Waals surface area contributed by atoms with Gasteiger partial charge in [0.05, 0.1) is 13.3 Å². The average molecular weight is 308 g/mol. The number of rotatable bonds is 4. The maximum absolute atomic E-state index is 12.0. The quantitative estimate of drug-likeness (QED) is 0.592. The molecule has 2 aromatic carbocycles. The summed E-state index contributed by atoms with van der Waals surface area (Å²) in [6.45, 7) is 1.95. The molecule has 0 aliphatic carbocycles. The van der Waals surface area contributed by atoms with Crippen molar-refractivity contribution in [2.45, 2.75) is 6.92 Å². The first-order valence-electron chi connectivity index (χ1n) is 7.14. The van der Waals surface area contributed by atoms with E-state index in [2.05, 4.69) is 10.5 Å². The molecule has 1 N–H and O–H groups in total. The van der Waals surface area contributed by atoms with Crippen molar-refractivity contribution >= 4 is 23.1 Å². The Labute approximate surface area is 133 Å². The van der Waals surface area contributed by atoms with Crippen molar-refractivity contribution in [1.82, 2.24) is 5.43 Å². The first-order chi connectivity index (χ1) is 11.2. The molecule has 0 bridgehead atoms. The summed E-state index contributed by atoms with van der Waals surface area (Å²) in [6, 6.07) is 14.8. The second-order valence-corrected chi connectivity index (χ2v) is 5.08. The summed E-state index contributed by atoms with van der Waals surface area (Å²) in [5, 5.41) is 4.84. The minimum atomic E-state index is -0.386. The van der Waals surface area contributed by atoms with Gasteiger partial charge in [-0.15, -0.1) is 0 Å². The number of aryl methyl sites for hydroxylation is 1. The highest BCUT2D eigenvalue weighted by Gasteiger charge is 2.10. The van der Waals surface area contributed by atoms with Crippen molar-refractivity contribution in [2.75, 3.05) is 7.11 Å². The van der Waals surface area contributed by atoms with E-state index in [1.807, 2.05) is 49.4 Å². The summed E-state index contributed by atoms with van der Waals surface area (Å²) in [6.07, 6.45) is 1.58. The number of carbonyl (C=O) groups excluding carboxylic acids is 1. The van der Waals surface area contributed by atoms with Crippen LogP contribution in [-0.2, 0) is 0 Å². The van der Waals surface area contributed by atoms with Crippen molar-refractivity contribution in [3.63, 3.8) is 0 Å². The van der Waals surface area contributed by atoms with Gasteiger partial charge in [-0.2, -0.15) is 5.10 Å². The standard InChI is InChI=1S/C18H16N2O3/c1-12-9-13(7-8-15(12)22-2)11-19-20-18(21)17-10-14-5-3-4-6-16(14)23-17/h3-11H,1-2H3,(H,20,21)/b19-11+. The van der Waals surface area contributed by atoms with Crippen LogP contribution in [0.15, 0.2) is 58.0 Å². The van der Waals surface area contributed by atoms with Gasteiger partial charge in [-0.05, 0) is 48.4 Å². The largest absolute Gasteiger partial charge is 0.496 e. The van der Waals surface area contributed by atoms with Gasteiger partial charge in [0.25, 0.3) is 0 Å². The molecule has 0 radical (unpaired) electrons. The van der Waals surface area contributed by atoms with Crippen molar-refractivity contribution in [1.29, 1.82) is 0 Å². The molecule has 1 amide bonds. The lowest BCUT2D eigenvalue weighted by Crippen LogP contribution is -2.16. The minimum Gasteiger partial charge on any atom is -0.496 e. The lowest BCUT2D eigenvalue weighted by molar-refractivity contribution is 0.0929. The van der Waals surface area contributed by atoms with Crippen LogP contribution in [0, 0.1) is 6.92 Å². The smallest absolute Gasteiger partial charge is 0.307 e. The third-order valence-electron chi connectivity index (χ3n) is 3.45. The normalized spacial score (nSPS) is 11.0. The number of benzene rings is 2. The van der Waals surface area contributed by atoms with Crippen molar-refractivity contribution in [2.24, 2.45) is 5.10 Å². The first kappa shape index (κ1) is 14.8. The highest BCUT2D eigenvalue weighted by molar-refractivity contribution is 5.96. The van der Waals surface area contributed by atoms with Gasteiger partial charge in [-0.25, -0.2) is 5.43 Å². The zero-order valence-corrected chi connectivity index (χ0v) is 12.9. The van der Waals surface area contributed by atoms with E-state index in [4.69, 9.17) is 9.15 Å². The van der Waals surface area contributed by atoms with Crippen LogP contribution in [0.25, 0.3) is 11.0 Å². The molecule has 5 heteroatoms. The second kappa shape index (κ2) is 6.36. The molecule has 1 heterocycles. The number of hydrazone groups is 1. The Morgan fingerprint density at radius 3 is 2.78 bits per heavy atom. The van der Waals surface area contributed by atoms with Gasteiger partial charge in [0.1, 0.15) is 11.3 Å². The summed E-state index contributed by atoms with van der Waals surface area (Å²) in [7, 11) is 1.63. The van der Waals surface area contributed by atoms with E-state index in [1.165, 1.54) is 0 Å². The first-order valence-corrected chi connectivity index (χ1v) is 7.14. The Bertz CT molecular complexity index is 848. The van der Waals surface area contributed by atoms with Crippen molar-refractivity contribution in [3.05, 3.63) is 65.4 Å². The summed E-state index contributed by atoms with van der Waals surface area (Å²) >= 11 is 0. The number of carbonyl (C=O) groups is 1. The van der Waals surface area contributed by atoms with Crippen molar-refractivity contribution in [3.8, 4) is 5.75 Å². The van der Waals surface area contributed by atoms with Crippen LogP contribution >= 0.6 is 0 Å². The second-order valence-electron chi connectivity index (χ2n) is 5.08. The van der Waals surface area contributed by atoms with Crippen LogP contribution in [0.4, 0.5) is 0 Å². The molecular formula is C18H16N2O3. The zero-order valence-electron chi connectivity index (χ0n) is 12.9. The highest BCUT2D eigenvalue weighted by Crippen LogP contribution is 2.19. The lowest BCUT2D eigenvalue weighted by Gasteiger charge is -2.04. The van der Waals surface area contributed by atoms with Crippen LogP contribution < -0.4 is 10.2 Å². The Balaban J connectivity index is 1.69. The van der Waals surface area contributed by atoms with E-state index in [0.717, 1.165) is 22.3 Å². The van der Waals surface area contributed by atoms with Crippen LogP contribution in [-0.4, -0.2) is 19.2 Å². The molecule has 0 fully saturated rings. The number of nitrogens with zero attached hydrogens (tertiary/aromatic N) is 1. The topological polar surface area (TPSA) is 63.8 Å². The number of fused-ring (bicyclic) bond motifs is 1. The highest BCUT2D eigenvalue weighted by atomic mass is 16.5. The summed E-state index contributed by atoms with van der Waals surface area (Å²) < 4.78 is 10.7. The van der Waals surface area contributed by atoms with E-state index >= 15 is 0 Å². The van der Waals surface area contributed by atoms with Gasteiger partial charge in [0.2, 0.25) is 0 Å². The Hall–Kier alpha value is -3.08. The van der Waals surface area contributed by atoms with Crippen LogP contribution in [0.5, 0.6) is 5.75 Å². The minimum absolute atomic E-state index is 0.231. The molecule has 23 heavy (non-hydrogen) atoms. The molecule has 1 aromatic heterocycles. The molecule has 0 atom stereocenters. The zero-order chi connectivity index (χ0) is 16.2. The molecule has 0 aliphatic heterocycles. The number of hydrogen-bond acceptors (Lipinski definition) is 4. The molecule has 0 saturated heterocycles. The maximum Gasteiger partial charge on any atom is 0.307 e. The molecule has 0 aliphatic rings. The van der Waals surface area contributed by atoms with Gasteiger partial charge >= 0.3 is 5.91 Å². The molecule has 3 rings (SSSR count). The van der Waals surface area contributed by atoms with Gasteiger partial charge in [-0.3, -0.25) is 4.79 Å². The fourth-order valence-corrected chi connectivity index (χ4v) is 2.30. The van der Waals surface area contributed by atoms with Gasteiger partial charge in [-0.1, -0.05) is 18.2 Å². The fraction of sp³-hybridized carbons (Fsp3) is 0.111. The molecule has 0 saturated carbocycles. The maximum atomic E-state index is 12.0. The summed E-state index contributed by atoms with van der Waals surface area (Å²) in [5.74, 6) is 0.658. The van der Waals surface area contributed by atoms with E-state index in [1.54, 1.807) is 19.4 Å². The van der Waals surface area contributed by atoms with Crippen LogP contribution in [0.3, 0.4) is 0 Å². The number of hydrogen-bond donors (Lipinski definition) is 1. The fourth-order valence-electron chi connectivity index (χ4n) is 2.30. The number of methoxy groups -OCH3 is 1. The summed E-state index contributed by atoms with van der Waals surface area (Å²) in [5.41, 5.74) is 5.00. The average Bonchev–Trinajstić information content (AvgIpc) is 2.99. The molecule has 3 aromatic rings. The molecule has 116 valence electrons. The molecular weight excluding hydrogens is 292 g/mol. The predicted molar refractivity (Wildman–Crippen MR) is 89.0 cm³/mol. The molecule has 0 spiro atoms. The number of ether oxygens (including phenoxy) is 1. The Morgan fingerprint density at radius 1 is 1.22 bits per heavy atom. The molecule has 5 nitrogen and oxygen atoms in total. The number of para-hydroxylation sites is 1. The number of nitrogens with one attached hydrogen (secondary N) is 1.